The molecule has 1 N–H and O–H groups in total. The Labute approximate surface area is 137 Å². The average Bonchev–Trinajstić information content (AvgIpc) is 3.03. The number of piperidine rings is 1. The predicted molar refractivity (Wildman–Crippen MR) is 86.1 cm³/mol. The summed E-state index contributed by atoms with van der Waals surface area (Å²) in [6.07, 6.45) is 7.64. The fraction of sp³-hybridized carbons (Fsp3) is 0.438. The van der Waals surface area contributed by atoms with E-state index in [0.29, 0.717) is 11.5 Å². The Balaban J connectivity index is 1.59. The molecule has 0 unspecified atom stereocenters. The lowest BCUT2D eigenvalue weighted by Gasteiger charge is -2.44. The number of anilines is 1. The highest BCUT2D eigenvalue weighted by atomic mass is 32.1. The van der Waals surface area contributed by atoms with Crippen molar-refractivity contribution >= 4 is 23.1 Å². The van der Waals surface area contributed by atoms with Gasteiger partial charge in [-0.15, -0.1) is 11.3 Å². The van der Waals surface area contributed by atoms with E-state index in [1.54, 1.807) is 18.6 Å². The number of thiophene rings is 1. The van der Waals surface area contributed by atoms with E-state index in [2.05, 4.69) is 14.9 Å². The molecule has 1 saturated heterocycles. The first-order valence-electron chi connectivity index (χ1n) is 7.69. The molecule has 2 aliphatic heterocycles. The maximum Gasteiger partial charge on any atom is 0.345 e. The van der Waals surface area contributed by atoms with Crippen LogP contribution in [0.25, 0.3) is 0 Å². The highest BCUT2D eigenvalue weighted by Crippen LogP contribution is 2.45. The van der Waals surface area contributed by atoms with E-state index in [0.717, 1.165) is 48.6 Å². The second-order valence-electron chi connectivity index (χ2n) is 5.91. The van der Waals surface area contributed by atoms with Crippen molar-refractivity contribution in [1.82, 2.24) is 9.97 Å². The zero-order valence-electron chi connectivity index (χ0n) is 12.6. The van der Waals surface area contributed by atoms with E-state index in [4.69, 9.17) is 4.74 Å². The summed E-state index contributed by atoms with van der Waals surface area (Å²) in [5.74, 6) is 0.0346. The molecule has 0 bridgehead atoms. The van der Waals surface area contributed by atoms with Crippen LogP contribution in [-0.2, 0) is 16.8 Å². The molecule has 0 aromatic carbocycles. The van der Waals surface area contributed by atoms with Crippen molar-refractivity contribution in [1.29, 1.82) is 0 Å². The van der Waals surface area contributed by atoms with Gasteiger partial charge >= 0.3 is 5.97 Å². The first-order valence-corrected chi connectivity index (χ1v) is 8.51. The highest BCUT2D eigenvalue weighted by Gasteiger charge is 2.43. The number of fused-ring (bicyclic) bond motifs is 2. The van der Waals surface area contributed by atoms with Gasteiger partial charge in [-0.3, -0.25) is 4.98 Å². The molecule has 0 aliphatic carbocycles. The minimum Gasteiger partial charge on any atom is -0.477 e. The number of aromatic carboxylic acids is 1. The second kappa shape index (κ2) is 5.58. The standard InChI is InChI=1S/C16H17N3O3S/c20-15(21)12-9-11-1-8-22-16(14(11)23-12)2-6-19(7-3-16)13-10-17-4-5-18-13/h4-5,9-10H,1-3,6-8H2,(H,20,21). The summed E-state index contributed by atoms with van der Waals surface area (Å²) in [5, 5.41) is 9.26. The summed E-state index contributed by atoms with van der Waals surface area (Å²) < 4.78 is 6.16. The monoisotopic (exact) mass is 331 g/mol. The van der Waals surface area contributed by atoms with Crippen LogP contribution in [-0.4, -0.2) is 40.7 Å². The van der Waals surface area contributed by atoms with E-state index in [9.17, 15) is 9.90 Å². The van der Waals surface area contributed by atoms with Crippen LogP contribution in [0.3, 0.4) is 0 Å². The van der Waals surface area contributed by atoms with E-state index < -0.39 is 5.97 Å². The van der Waals surface area contributed by atoms with Crippen molar-refractivity contribution in [2.45, 2.75) is 24.9 Å². The molecule has 0 saturated carbocycles. The van der Waals surface area contributed by atoms with Crippen LogP contribution >= 0.6 is 11.3 Å². The number of rotatable bonds is 2. The van der Waals surface area contributed by atoms with Gasteiger partial charge in [-0.1, -0.05) is 0 Å². The van der Waals surface area contributed by atoms with Gasteiger partial charge in [0.15, 0.2) is 0 Å². The molecule has 0 amide bonds. The van der Waals surface area contributed by atoms with Gasteiger partial charge in [0, 0.05) is 30.4 Å². The molecule has 1 fully saturated rings. The van der Waals surface area contributed by atoms with Crippen LogP contribution in [0.5, 0.6) is 0 Å². The lowest BCUT2D eigenvalue weighted by atomic mass is 9.85. The Hall–Kier alpha value is -1.99. The Kier molecular flexibility index (Phi) is 3.54. The minimum absolute atomic E-state index is 0.329. The highest BCUT2D eigenvalue weighted by molar-refractivity contribution is 7.14. The summed E-state index contributed by atoms with van der Waals surface area (Å²) >= 11 is 1.37. The summed E-state index contributed by atoms with van der Waals surface area (Å²) in [6, 6.07) is 1.82. The number of aromatic nitrogens is 2. The fourth-order valence-electron chi connectivity index (χ4n) is 3.45. The van der Waals surface area contributed by atoms with Gasteiger partial charge in [0.25, 0.3) is 0 Å². The normalized spacial score (nSPS) is 19.6. The number of carboxylic acids is 1. The molecule has 6 nitrogen and oxygen atoms in total. The van der Waals surface area contributed by atoms with Crippen molar-refractivity contribution in [2.24, 2.45) is 0 Å². The summed E-state index contributed by atoms with van der Waals surface area (Å²) in [6.45, 7) is 2.32. The van der Waals surface area contributed by atoms with Crippen LogP contribution < -0.4 is 4.90 Å². The predicted octanol–water partition coefficient (Wildman–Crippen LogP) is 2.30. The third kappa shape index (κ3) is 2.49. The fourth-order valence-corrected chi connectivity index (χ4v) is 4.70. The smallest absolute Gasteiger partial charge is 0.345 e. The molecule has 23 heavy (non-hydrogen) atoms. The van der Waals surface area contributed by atoms with E-state index in [-0.39, 0.29) is 5.60 Å². The van der Waals surface area contributed by atoms with Crippen LogP contribution in [0.4, 0.5) is 5.82 Å². The number of carboxylic acid groups (broad SMARTS) is 1. The maximum atomic E-state index is 11.3. The Bertz CT molecular complexity index is 723. The molecular weight excluding hydrogens is 314 g/mol. The number of hydrogen-bond acceptors (Lipinski definition) is 6. The average molecular weight is 331 g/mol. The molecular formula is C16H17N3O3S. The van der Waals surface area contributed by atoms with Gasteiger partial charge in [-0.05, 0) is 30.9 Å². The van der Waals surface area contributed by atoms with E-state index >= 15 is 0 Å². The molecule has 2 aromatic heterocycles. The minimum atomic E-state index is -0.850. The van der Waals surface area contributed by atoms with Crippen LogP contribution in [0.2, 0.25) is 0 Å². The topological polar surface area (TPSA) is 75.5 Å². The van der Waals surface area contributed by atoms with Gasteiger partial charge in [0.1, 0.15) is 16.3 Å². The number of nitrogens with zero attached hydrogens (tertiary/aromatic N) is 3. The van der Waals surface area contributed by atoms with Crippen molar-refractivity contribution < 1.29 is 14.6 Å². The first-order chi connectivity index (χ1) is 11.2. The van der Waals surface area contributed by atoms with Gasteiger partial charge < -0.3 is 14.7 Å². The molecule has 2 aliphatic rings. The van der Waals surface area contributed by atoms with Crippen LogP contribution in [0.15, 0.2) is 24.7 Å². The number of hydrogen-bond donors (Lipinski definition) is 1. The molecule has 120 valence electrons. The lowest BCUT2D eigenvalue weighted by Crippen LogP contribution is -2.46. The quantitative estimate of drug-likeness (QED) is 0.910. The zero-order chi connectivity index (χ0) is 15.9. The third-order valence-electron chi connectivity index (χ3n) is 4.63. The van der Waals surface area contributed by atoms with Crippen LogP contribution in [0, 0.1) is 0 Å². The maximum absolute atomic E-state index is 11.3. The Morgan fingerprint density at radius 1 is 1.35 bits per heavy atom. The van der Waals surface area contributed by atoms with E-state index in [1.165, 1.54) is 11.3 Å². The van der Waals surface area contributed by atoms with Crippen molar-refractivity contribution in [2.75, 3.05) is 24.6 Å². The Morgan fingerprint density at radius 2 is 2.17 bits per heavy atom. The third-order valence-corrected chi connectivity index (χ3v) is 5.98. The molecule has 4 rings (SSSR count). The van der Waals surface area contributed by atoms with Gasteiger partial charge in [0.2, 0.25) is 0 Å². The molecule has 0 radical (unpaired) electrons. The number of ether oxygens (including phenoxy) is 1. The summed E-state index contributed by atoms with van der Waals surface area (Å²) in [5.41, 5.74) is 0.816. The van der Waals surface area contributed by atoms with Crippen molar-refractivity contribution in [3.8, 4) is 0 Å². The summed E-state index contributed by atoms with van der Waals surface area (Å²) in [4.78, 5) is 23.5. The van der Waals surface area contributed by atoms with Crippen molar-refractivity contribution in [3.05, 3.63) is 40.0 Å². The molecule has 0 atom stereocenters. The molecule has 2 aromatic rings. The largest absolute Gasteiger partial charge is 0.477 e. The van der Waals surface area contributed by atoms with Gasteiger partial charge in [-0.25, -0.2) is 9.78 Å². The van der Waals surface area contributed by atoms with Crippen LogP contribution in [0.1, 0.15) is 33.0 Å². The molecule has 7 heteroatoms. The molecule has 4 heterocycles. The van der Waals surface area contributed by atoms with Gasteiger partial charge in [-0.2, -0.15) is 0 Å². The second-order valence-corrected chi connectivity index (χ2v) is 6.97. The Morgan fingerprint density at radius 3 is 2.87 bits per heavy atom. The SMILES string of the molecule is O=C(O)c1cc2c(s1)C1(CCN(c3cnccn3)CC1)OCC2. The first kappa shape index (κ1) is 14.6. The number of carbonyl (C=O) groups is 1. The van der Waals surface area contributed by atoms with Gasteiger partial charge in [0.05, 0.1) is 12.8 Å². The van der Waals surface area contributed by atoms with Crippen molar-refractivity contribution in [3.63, 3.8) is 0 Å². The van der Waals surface area contributed by atoms with E-state index in [1.807, 2.05) is 6.07 Å². The zero-order valence-corrected chi connectivity index (χ0v) is 13.4. The molecule has 1 spiro atoms. The summed E-state index contributed by atoms with van der Waals surface area (Å²) in [7, 11) is 0. The lowest BCUT2D eigenvalue weighted by molar-refractivity contribution is -0.0735.